The normalized spacial score (nSPS) is 5.90. The van der Waals surface area contributed by atoms with Gasteiger partial charge in [0.15, 0.2) is 0 Å². The Kier molecular flexibility index (Phi) is 71.2. The zero-order valence-electron chi connectivity index (χ0n) is 3.20. The van der Waals surface area contributed by atoms with Crippen molar-refractivity contribution in [1.82, 2.24) is 0 Å². The van der Waals surface area contributed by atoms with E-state index in [0.29, 0.717) is 0 Å². The Hall–Kier alpha value is 5.11. The van der Waals surface area contributed by atoms with E-state index in [2.05, 4.69) is 0 Å². The van der Waals surface area contributed by atoms with E-state index in [-0.39, 0.29) is 149 Å². The van der Waals surface area contributed by atoms with Crippen molar-refractivity contribution in [2.75, 3.05) is 0 Å². The van der Waals surface area contributed by atoms with Gasteiger partial charge in [0.05, 0.1) is 0 Å². The summed E-state index contributed by atoms with van der Waals surface area (Å²) in [7, 11) is -4.64. The van der Waals surface area contributed by atoms with Gasteiger partial charge in [-0.15, -0.1) is 0 Å². The molecule has 0 bridgehead atoms. The number of hydrogen-bond acceptors (Lipinski definition) is 1. The Bertz CT molecular complexity index is 64.6. The van der Waals surface area contributed by atoms with Crippen molar-refractivity contribution in [3.05, 3.63) is 0 Å². The van der Waals surface area contributed by atoms with Crippen molar-refractivity contribution < 1.29 is 20.7 Å². The Balaban J connectivity index is -0.00000000533. The first kappa shape index (κ1) is 36.2. The topological polar surface area (TPSA) is 77.8 Å². The minimum atomic E-state index is -4.64. The molecule has 0 aliphatic heterocycles. The van der Waals surface area contributed by atoms with Crippen LogP contribution in [0.3, 0.4) is 0 Å². The minimum absolute atomic E-state index is 0. The van der Waals surface area contributed by atoms with Gasteiger partial charge < -0.3 is 14.7 Å². The summed E-state index contributed by atoms with van der Waals surface area (Å²) in [5, 5.41) is 0. The quantitative estimate of drug-likeness (QED) is 0.286. The molecule has 0 aliphatic carbocycles. The van der Waals surface area contributed by atoms with Crippen molar-refractivity contribution in [2.45, 2.75) is 0 Å². The van der Waals surface area contributed by atoms with Gasteiger partial charge in [-0.1, -0.05) is 0 Å². The van der Waals surface area contributed by atoms with Gasteiger partial charge in [0.2, 0.25) is 0 Å². The summed E-state index contributed by atoms with van der Waals surface area (Å²) in [5.41, 5.74) is 0. The monoisotopic (exact) mass is 219 g/mol. The molecule has 10 heteroatoms. The molecule has 4 nitrogen and oxygen atoms in total. The van der Waals surface area contributed by atoms with Crippen LogP contribution in [0.5, 0.6) is 0 Å². The summed E-state index contributed by atoms with van der Waals surface area (Å²) in [6.07, 6.45) is 0. The molecule has 10 heavy (non-hydrogen) atoms. The molecule has 0 saturated heterocycles. The number of rotatable bonds is 0. The van der Waals surface area contributed by atoms with Crippen molar-refractivity contribution >= 4 is 156 Å². The summed E-state index contributed by atoms with van der Waals surface area (Å²) in [6.45, 7) is 0. The second-order valence-corrected chi connectivity index (χ2v) is 1.54. The van der Waals surface area contributed by atoms with Crippen LogP contribution in [0.1, 0.15) is 1.43 Å². The molecule has 0 rings (SSSR count). The first-order valence-corrected chi connectivity index (χ1v) is 2.35. The number of phosphoric acid groups is 1. The van der Waals surface area contributed by atoms with Crippen LogP contribution in [0.25, 0.3) is 0 Å². The number of hydrogen-bond donors (Lipinski definition) is 3. The molecule has 0 radical (unpaired) electrons. The molecule has 0 aromatic carbocycles. The molecular weight excluding hydrogens is 210 g/mol. The van der Waals surface area contributed by atoms with Crippen LogP contribution < -0.4 is 0 Å². The van der Waals surface area contributed by atoms with E-state index in [1.165, 1.54) is 0 Å². The van der Waals surface area contributed by atoms with Gasteiger partial charge in [-0.3, -0.25) is 0 Å². The van der Waals surface area contributed by atoms with E-state index < -0.39 is 7.82 Å². The Morgan fingerprint density at radius 3 is 0.800 bits per heavy atom. The average molecular weight is 219 g/mol. The SMILES string of the molecule is O=P(O)(O)O.[H+].[NaH].[NaH].[NaH].[NaH].[NaH]. The molecule has 0 atom stereocenters. The maximum absolute atomic E-state index is 8.88. The molecule has 0 spiro atoms. The van der Waals surface area contributed by atoms with Crippen LogP contribution >= 0.6 is 7.82 Å². The van der Waals surface area contributed by atoms with Gasteiger partial charge in [0.1, 0.15) is 0 Å². The van der Waals surface area contributed by atoms with E-state index in [0.717, 1.165) is 0 Å². The van der Waals surface area contributed by atoms with Gasteiger partial charge in [-0.05, 0) is 0 Å². The summed E-state index contributed by atoms with van der Waals surface area (Å²) in [6, 6.07) is 0. The molecule has 0 saturated carbocycles. The molecular formula is H9Na5O4P+. The van der Waals surface area contributed by atoms with Gasteiger partial charge in [0.25, 0.3) is 0 Å². The first-order valence-electron chi connectivity index (χ1n) is 0.783. The van der Waals surface area contributed by atoms with E-state index in [9.17, 15) is 0 Å². The fraction of sp³-hybridized carbons (Fsp3) is 0. The van der Waals surface area contributed by atoms with Crippen molar-refractivity contribution in [3.8, 4) is 0 Å². The fourth-order valence-corrected chi connectivity index (χ4v) is 0. The summed E-state index contributed by atoms with van der Waals surface area (Å²) >= 11 is 0. The molecule has 42 valence electrons. The predicted molar refractivity (Wildman–Crippen MR) is 51.1 cm³/mol. The molecule has 0 aliphatic rings. The molecule has 0 unspecified atom stereocenters. The van der Waals surface area contributed by atoms with Gasteiger partial charge in [0, 0.05) is 0 Å². The second-order valence-electron chi connectivity index (χ2n) is 0.513. The average Bonchev–Trinajstić information content (AvgIpc) is 0.722. The molecule has 3 N–H and O–H groups in total. The van der Waals surface area contributed by atoms with E-state index in [1.807, 2.05) is 0 Å². The van der Waals surface area contributed by atoms with Crippen LogP contribution in [-0.2, 0) is 4.57 Å². The van der Waals surface area contributed by atoms with Crippen LogP contribution in [0.2, 0.25) is 0 Å². The molecule has 0 heterocycles. The van der Waals surface area contributed by atoms with Crippen molar-refractivity contribution in [2.24, 2.45) is 0 Å². The van der Waals surface area contributed by atoms with Gasteiger partial charge in [-0.2, -0.15) is 0 Å². The second kappa shape index (κ2) is 19.6. The Morgan fingerprint density at radius 2 is 0.800 bits per heavy atom. The molecule has 0 aromatic rings. The van der Waals surface area contributed by atoms with Crippen LogP contribution in [0, 0.1) is 0 Å². The van der Waals surface area contributed by atoms with Crippen LogP contribution in [-0.4, -0.2) is 162 Å². The Morgan fingerprint density at radius 1 is 0.800 bits per heavy atom. The first-order chi connectivity index (χ1) is 2.00. The third kappa shape index (κ3) is 73.6. The maximum atomic E-state index is 8.88. The van der Waals surface area contributed by atoms with Crippen LogP contribution in [0.4, 0.5) is 0 Å². The van der Waals surface area contributed by atoms with E-state index in [1.54, 1.807) is 0 Å². The third-order valence-corrected chi connectivity index (χ3v) is 0. The standard InChI is InChI=1S/5Na.H3O4P.5H/c;;;;;1-5(2,3)4;;;;;/h;;;;;(H3,1,2,3,4);;;;;/p+1. The predicted octanol–water partition coefficient (Wildman–Crippen LogP) is -4.06. The molecule has 0 amide bonds. The summed E-state index contributed by atoms with van der Waals surface area (Å²) in [5.74, 6) is 0. The molecule has 0 fully saturated rings. The Labute approximate surface area is 172 Å². The van der Waals surface area contributed by atoms with Crippen molar-refractivity contribution in [1.29, 1.82) is 0 Å². The molecule has 0 aromatic heterocycles. The summed E-state index contributed by atoms with van der Waals surface area (Å²) < 4.78 is 8.88. The zero-order chi connectivity index (χ0) is 4.50. The van der Waals surface area contributed by atoms with Gasteiger partial charge >= 0.3 is 157 Å². The summed E-state index contributed by atoms with van der Waals surface area (Å²) in [4.78, 5) is 21.6. The van der Waals surface area contributed by atoms with E-state index >= 15 is 0 Å². The zero-order valence-corrected chi connectivity index (χ0v) is 3.09. The van der Waals surface area contributed by atoms with Crippen LogP contribution in [0.15, 0.2) is 0 Å². The van der Waals surface area contributed by atoms with Gasteiger partial charge in [-0.25, -0.2) is 4.57 Å². The van der Waals surface area contributed by atoms with E-state index in [4.69, 9.17) is 19.2 Å². The fourth-order valence-electron chi connectivity index (χ4n) is 0. The van der Waals surface area contributed by atoms with Crippen molar-refractivity contribution in [3.63, 3.8) is 0 Å². The third-order valence-electron chi connectivity index (χ3n) is 0.